The fourth-order valence-electron chi connectivity index (χ4n) is 3.27. The highest BCUT2D eigenvalue weighted by Gasteiger charge is 2.36. The highest BCUT2D eigenvalue weighted by molar-refractivity contribution is 5.84. The molecule has 5 nitrogen and oxygen atoms in total. The fourth-order valence-corrected chi connectivity index (χ4v) is 3.27. The maximum atomic E-state index is 12.4. The molecule has 0 aliphatic heterocycles. The second kappa shape index (κ2) is 5.72. The van der Waals surface area contributed by atoms with E-state index < -0.39 is 5.76 Å². The summed E-state index contributed by atoms with van der Waals surface area (Å²) in [4.78, 5) is 24.8. The SMILES string of the molecule is COc1ccc(-n2c3c(oc2=O)[C@H](C)[C@@H](C)C(=O)[C@@H](C)C3)cc1. The van der Waals surface area contributed by atoms with Crippen LogP contribution in [-0.2, 0) is 11.2 Å². The first-order valence-electron chi connectivity index (χ1n) is 7.86. The Labute approximate surface area is 134 Å². The summed E-state index contributed by atoms with van der Waals surface area (Å²) in [5.41, 5.74) is 1.53. The monoisotopic (exact) mass is 315 g/mol. The number of fused-ring (bicyclic) bond motifs is 1. The summed E-state index contributed by atoms with van der Waals surface area (Å²) >= 11 is 0. The molecule has 1 aliphatic rings. The van der Waals surface area contributed by atoms with E-state index in [0.717, 1.165) is 17.1 Å². The molecule has 0 spiro atoms. The first-order chi connectivity index (χ1) is 10.9. The minimum absolute atomic E-state index is 0.102. The van der Waals surface area contributed by atoms with Gasteiger partial charge in [0.2, 0.25) is 0 Å². The van der Waals surface area contributed by atoms with Crippen LogP contribution < -0.4 is 10.5 Å². The second-order valence-corrected chi connectivity index (χ2v) is 6.30. The molecule has 1 heterocycles. The van der Waals surface area contributed by atoms with Crippen molar-refractivity contribution >= 4 is 5.78 Å². The molecule has 3 atom stereocenters. The van der Waals surface area contributed by atoms with E-state index in [0.29, 0.717) is 12.2 Å². The van der Waals surface area contributed by atoms with Crippen molar-refractivity contribution in [3.05, 3.63) is 46.3 Å². The van der Waals surface area contributed by atoms with Gasteiger partial charge in [0.15, 0.2) is 0 Å². The van der Waals surface area contributed by atoms with Crippen LogP contribution in [0.1, 0.15) is 38.1 Å². The van der Waals surface area contributed by atoms with Gasteiger partial charge in [-0.2, -0.15) is 0 Å². The largest absolute Gasteiger partial charge is 0.497 e. The van der Waals surface area contributed by atoms with E-state index in [1.807, 2.05) is 32.9 Å². The molecular weight excluding hydrogens is 294 g/mol. The summed E-state index contributed by atoms with van der Waals surface area (Å²) in [5.74, 6) is 0.794. The summed E-state index contributed by atoms with van der Waals surface area (Å²) in [6, 6.07) is 7.25. The van der Waals surface area contributed by atoms with E-state index in [9.17, 15) is 9.59 Å². The zero-order chi connectivity index (χ0) is 16.7. The number of carbonyl (C=O) groups excluding carboxylic acids is 1. The third-order valence-corrected chi connectivity index (χ3v) is 4.86. The summed E-state index contributed by atoms with van der Waals surface area (Å²) in [7, 11) is 1.60. The highest BCUT2D eigenvalue weighted by Crippen LogP contribution is 2.35. The molecule has 23 heavy (non-hydrogen) atoms. The molecule has 1 aromatic heterocycles. The van der Waals surface area contributed by atoms with Crippen LogP contribution in [0.25, 0.3) is 5.69 Å². The number of hydrogen-bond donors (Lipinski definition) is 0. The van der Waals surface area contributed by atoms with E-state index in [4.69, 9.17) is 9.15 Å². The topological polar surface area (TPSA) is 61.4 Å². The normalized spacial score (nSPS) is 24.2. The second-order valence-electron chi connectivity index (χ2n) is 6.30. The van der Waals surface area contributed by atoms with Crippen molar-refractivity contribution in [1.82, 2.24) is 4.57 Å². The molecule has 0 amide bonds. The van der Waals surface area contributed by atoms with Crippen LogP contribution >= 0.6 is 0 Å². The van der Waals surface area contributed by atoms with Gasteiger partial charge in [-0.1, -0.05) is 20.8 Å². The first-order valence-corrected chi connectivity index (χ1v) is 7.86. The Balaban J connectivity index is 2.15. The summed E-state index contributed by atoms with van der Waals surface area (Å²) in [6.07, 6.45) is 0.514. The van der Waals surface area contributed by atoms with Gasteiger partial charge in [-0.15, -0.1) is 0 Å². The van der Waals surface area contributed by atoms with Gasteiger partial charge in [0.25, 0.3) is 0 Å². The van der Waals surface area contributed by atoms with E-state index >= 15 is 0 Å². The molecule has 0 radical (unpaired) electrons. The molecule has 0 N–H and O–H groups in total. The van der Waals surface area contributed by atoms with Crippen LogP contribution in [0.5, 0.6) is 5.75 Å². The quantitative estimate of drug-likeness (QED) is 0.799. The molecular formula is C18H21NO4. The Kier molecular flexibility index (Phi) is 3.88. The number of benzene rings is 1. The number of carbonyl (C=O) groups is 1. The number of aromatic nitrogens is 1. The van der Waals surface area contributed by atoms with Crippen LogP contribution in [0.4, 0.5) is 0 Å². The van der Waals surface area contributed by atoms with Crippen molar-refractivity contribution in [3.8, 4) is 11.4 Å². The van der Waals surface area contributed by atoms with Gasteiger partial charge in [0.05, 0.1) is 18.5 Å². The van der Waals surface area contributed by atoms with E-state index in [-0.39, 0.29) is 23.5 Å². The summed E-state index contributed by atoms with van der Waals surface area (Å²) in [5, 5.41) is 0. The van der Waals surface area contributed by atoms with Crippen molar-refractivity contribution in [2.24, 2.45) is 11.8 Å². The molecule has 0 fully saturated rings. The lowest BCUT2D eigenvalue weighted by Crippen LogP contribution is -2.23. The Morgan fingerprint density at radius 2 is 1.74 bits per heavy atom. The number of oxazole rings is 1. The maximum absolute atomic E-state index is 12.4. The predicted molar refractivity (Wildman–Crippen MR) is 86.3 cm³/mol. The standard InChI is InChI=1S/C18H21NO4/c1-10-9-15-17(12(3)11(2)16(10)20)23-18(21)19(15)13-5-7-14(22-4)8-6-13/h5-8,10-12H,9H2,1-4H3/t10-,11+,12+/m0/s1. The molecule has 3 rings (SSSR count). The van der Waals surface area contributed by atoms with E-state index in [1.54, 1.807) is 23.8 Å². The van der Waals surface area contributed by atoms with Crippen molar-refractivity contribution in [1.29, 1.82) is 0 Å². The Morgan fingerprint density at radius 3 is 2.35 bits per heavy atom. The average Bonchev–Trinajstić information content (AvgIpc) is 2.85. The average molecular weight is 315 g/mol. The predicted octanol–water partition coefficient (Wildman–Crippen LogP) is 2.94. The maximum Gasteiger partial charge on any atom is 0.424 e. The van der Waals surface area contributed by atoms with Crippen molar-refractivity contribution in [3.63, 3.8) is 0 Å². The molecule has 1 aromatic carbocycles. The van der Waals surface area contributed by atoms with E-state index in [1.165, 1.54) is 0 Å². The van der Waals surface area contributed by atoms with Gasteiger partial charge >= 0.3 is 5.76 Å². The lowest BCUT2D eigenvalue weighted by Gasteiger charge is -2.15. The van der Waals surface area contributed by atoms with Crippen LogP contribution in [0.15, 0.2) is 33.5 Å². The lowest BCUT2D eigenvalue weighted by molar-refractivity contribution is -0.126. The number of nitrogens with zero attached hydrogens (tertiary/aromatic N) is 1. The molecule has 1 aliphatic carbocycles. The zero-order valence-corrected chi connectivity index (χ0v) is 13.8. The van der Waals surface area contributed by atoms with Gasteiger partial charge < -0.3 is 9.15 Å². The van der Waals surface area contributed by atoms with Gasteiger partial charge in [0, 0.05) is 24.2 Å². The van der Waals surface area contributed by atoms with Gasteiger partial charge in [-0.3, -0.25) is 4.79 Å². The highest BCUT2D eigenvalue weighted by atomic mass is 16.5. The lowest BCUT2D eigenvalue weighted by atomic mass is 9.87. The van der Waals surface area contributed by atoms with E-state index in [2.05, 4.69) is 0 Å². The first kappa shape index (κ1) is 15.6. The molecule has 0 saturated heterocycles. The minimum Gasteiger partial charge on any atom is -0.497 e. The minimum atomic E-state index is -0.402. The molecule has 2 aromatic rings. The molecule has 0 unspecified atom stereocenters. The molecule has 122 valence electrons. The Morgan fingerprint density at radius 1 is 1.09 bits per heavy atom. The number of ketones is 1. The number of ether oxygens (including phenoxy) is 1. The zero-order valence-electron chi connectivity index (χ0n) is 13.8. The van der Waals surface area contributed by atoms with Gasteiger partial charge in [0.1, 0.15) is 17.3 Å². The van der Waals surface area contributed by atoms with Crippen LogP contribution in [0.3, 0.4) is 0 Å². The number of methoxy groups -OCH3 is 1. The number of Topliss-reactive ketones (excluding diaryl/α,β-unsaturated/α-hetero) is 1. The van der Waals surface area contributed by atoms with Crippen molar-refractivity contribution in [2.45, 2.75) is 33.1 Å². The van der Waals surface area contributed by atoms with Gasteiger partial charge in [-0.05, 0) is 24.3 Å². The Bertz CT molecular complexity index is 784. The third kappa shape index (κ3) is 2.50. The van der Waals surface area contributed by atoms with Crippen molar-refractivity contribution in [2.75, 3.05) is 7.11 Å². The summed E-state index contributed by atoms with van der Waals surface area (Å²) in [6.45, 7) is 5.76. The smallest absolute Gasteiger partial charge is 0.424 e. The number of hydrogen-bond acceptors (Lipinski definition) is 4. The Hall–Kier alpha value is -2.30. The van der Waals surface area contributed by atoms with Crippen LogP contribution in [0.2, 0.25) is 0 Å². The molecule has 5 heteroatoms. The van der Waals surface area contributed by atoms with Crippen LogP contribution in [-0.4, -0.2) is 17.5 Å². The van der Waals surface area contributed by atoms with Crippen LogP contribution in [0, 0.1) is 11.8 Å². The summed E-state index contributed by atoms with van der Waals surface area (Å²) < 4.78 is 12.3. The van der Waals surface area contributed by atoms with Crippen molar-refractivity contribution < 1.29 is 13.9 Å². The number of rotatable bonds is 2. The molecule has 0 saturated carbocycles. The molecule has 0 bridgehead atoms. The van der Waals surface area contributed by atoms with Gasteiger partial charge in [-0.25, -0.2) is 9.36 Å². The third-order valence-electron chi connectivity index (χ3n) is 4.86. The fraction of sp³-hybridized carbons (Fsp3) is 0.444.